The van der Waals surface area contributed by atoms with E-state index in [1.807, 2.05) is 12.3 Å². The Labute approximate surface area is 139 Å². The van der Waals surface area contributed by atoms with Crippen molar-refractivity contribution in [1.82, 2.24) is 10.4 Å². The summed E-state index contributed by atoms with van der Waals surface area (Å²) >= 11 is 0. The van der Waals surface area contributed by atoms with Crippen molar-refractivity contribution in [2.45, 2.75) is 32.2 Å². The fourth-order valence-corrected chi connectivity index (χ4v) is 3.38. The molecule has 2 aromatic rings. The highest BCUT2D eigenvalue weighted by Gasteiger charge is 2.19. The van der Waals surface area contributed by atoms with Crippen molar-refractivity contribution in [1.29, 1.82) is 0 Å². The molecule has 3 rings (SSSR count). The van der Waals surface area contributed by atoms with Crippen molar-refractivity contribution >= 4 is 13.8 Å². The molecule has 0 atom stereocenters. The maximum Gasteiger partial charge on any atom is 0.133 e. The zero-order chi connectivity index (χ0) is 16.3. The quantitative estimate of drug-likeness (QED) is 0.645. The Morgan fingerprint density at radius 1 is 1.22 bits per heavy atom. The van der Waals surface area contributed by atoms with Gasteiger partial charge in [-0.2, -0.15) is 0 Å². The molecular formula is C18H25N3OSi. The molecule has 2 heterocycles. The van der Waals surface area contributed by atoms with Gasteiger partial charge in [0, 0.05) is 33.6 Å². The van der Waals surface area contributed by atoms with Crippen LogP contribution < -0.4 is 10.4 Å². The SMILES string of the molecule is C[Si](C)(C)CCOCN1NCc2cc(-c3cccnc3)ccc21. The Kier molecular flexibility index (Phi) is 4.80. The van der Waals surface area contributed by atoms with Gasteiger partial charge in [-0.1, -0.05) is 31.8 Å². The normalized spacial score (nSPS) is 14.1. The lowest BCUT2D eigenvalue weighted by Crippen LogP contribution is -2.35. The Balaban J connectivity index is 1.63. The van der Waals surface area contributed by atoms with E-state index in [4.69, 9.17) is 4.74 Å². The van der Waals surface area contributed by atoms with E-state index in [2.05, 4.69) is 59.3 Å². The minimum atomic E-state index is -1.02. The van der Waals surface area contributed by atoms with Crippen LogP contribution in [0.2, 0.25) is 25.7 Å². The largest absolute Gasteiger partial charge is 0.360 e. The number of benzene rings is 1. The minimum absolute atomic E-state index is 0.601. The van der Waals surface area contributed by atoms with Gasteiger partial charge in [0.2, 0.25) is 0 Å². The number of hydrogen-bond donors (Lipinski definition) is 1. The summed E-state index contributed by atoms with van der Waals surface area (Å²) in [5, 5.41) is 2.10. The highest BCUT2D eigenvalue weighted by atomic mass is 28.3. The second-order valence-electron chi connectivity index (χ2n) is 7.20. The van der Waals surface area contributed by atoms with Gasteiger partial charge in [-0.3, -0.25) is 9.99 Å². The van der Waals surface area contributed by atoms with Gasteiger partial charge in [-0.05, 0) is 40.9 Å². The van der Waals surface area contributed by atoms with Crippen LogP contribution in [0, 0.1) is 0 Å². The average molecular weight is 328 g/mol. The number of aromatic nitrogens is 1. The van der Waals surface area contributed by atoms with Crippen LogP contribution in [0.15, 0.2) is 42.7 Å². The van der Waals surface area contributed by atoms with Gasteiger partial charge < -0.3 is 4.74 Å². The van der Waals surface area contributed by atoms with Gasteiger partial charge in [0.15, 0.2) is 0 Å². The Morgan fingerprint density at radius 3 is 2.83 bits per heavy atom. The fourth-order valence-electron chi connectivity index (χ4n) is 2.62. The van der Waals surface area contributed by atoms with Gasteiger partial charge in [-0.15, -0.1) is 0 Å². The van der Waals surface area contributed by atoms with E-state index in [9.17, 15) is 0 Å². The van der Waals surface area contributed by atoms with Gasteiger partial charge in [0.25, 0.3) is 0 Å². The second kappa shape index (κ2) is 6.82. The Bertz CT molecular complexity index is 655. The monoisotopic (exact) mass is 327 g/mol. The predicted molar refractivity (Wildman–Crippen MR) is 98.0 cm³/mol. The summed E-state index contributed by atoms with van der Waals surface area (Å²) in [6.45, 7) is 9.42. The van der Waals surface area contributed by atoms with Crippen molar-refractivity contribution in [3.63, 3.8) is 0 Å². The number of hydrogen-bond acceptors (Lipinski definition) is 4. The van der Waals surface area contributed by atoms with Crippen molar-refractivity contribution in [2.75, 3.05) is 18.3 Å². The number of fused-ring (bicyclic) bond motifs is 1. The molecule has 0 saturated carbocycles. The van der Waals surface area contributed by atoms with Crippen LogP contribution in [0.3, 0.4) is 0 Å². The molecule has 1 aliphatic rings. The number of nitrogens with zero attached hydrogens (tertiary/aromatic N) is 2. The van der Waals surface area contributed by atoms with Crippen LogP contribution >= 0.6 is 0 Å². The first kappa shape index (κ1) is 16.2. The Hall–Kier alpha value is -1.69. The molecule has 0 aliphatic carbocycles. The molecule has 1 aromatic heterocycles. The number of pyridine rings is 1. The molecule has 0 bridgehead atoms. The van der Waals surface area contributed by atoms with E-state index < -0.39 is 8.07 Å². The summed E-state index contributed by atoms with van der Waals surface area (Å²) < 4.78 is 5.85. The first-order valence-corrected chi connectivity index (χ1v) is 11.9. The van der Waals surface area contributed by atoms with Crippen molar-refractivity contribution in [3.05, 3.63) is 48.3 Å². The van der Waals surface area contributed by atoms with Gasteiger partial charge in [0.05, 0.1) is 5.69 Å². The van der Waals surface area contributed by atoms with E-state index in [0.717, 1.165) is 18.7 Å². The maximum atomic E-state index is 5.85. The van der Waals surface area contributed by atoms with Crippen molar-refractivity contribution in [3.8, 4) is 11.1 Å². The van der Waals surface area contributed by atoms with Gasteiger partial charge in [0.1, 0.15) is 6.73 Å². The molecule has 0 fully saturated rings. The lowest BCUT2D eigenvalue weighted by molar-refractivity contribution is 0.141. The first-order chi connectivity index (χ1) is 11.0. The third-order valence-corrected chi connectivity index (χ3v) is 5.75. The molecule has 23 heavy (non-hydrogen) atoms. The predicted octanol–water partition coefficient (Wildman–Crippen LogP) is 3.89. The summed E-state index contributed by atoms with van der Waals surface area (Å²) in [5.74, 6) is 0. The zero-order valence-electron chi connectivity index (χ0n) is 14.2. The molecule has 0 unspecified atom stereocenters. The van der Waals surface area contributed by atoms with E-state index in [-0.39, 0.29) is 0 Å². The average Bonchev–Trinajstić information content (AvgIpc) is 2.94. The zero-order valence-corrected chi connectivity index (χ0v) is 15.2. The molecule has 0 spiro atoms. The van der Waals surface area contributed by atoms with Crippen molar-refractivity contribution in [2.24, 2.45) is 0 Å². The van der Waals surface area contributed by atoms with E-state index in [0.29, 0.717) is 6.73 Å². The molecule has 1 aromatic carbocycles. The number of anilines is 1. The maximum absolute atomic E-state index is 5.85. The molecule has 1 aliphatic heterocycles. The van der Waals surface area contributed by atoms with Crippen LogP contribution in [0.4, 0.5) is 5.69 Å². The molecule has 0 radical (unpaired) electrons. The van der Waals surface area contributed by atoms with E-state index in [1.165, 1.54) is 22.9 Å². The van der Waals surface area contributed by atoms with Crippen molar-refractivity contribution < 1.29 is 4.74 Å². The second-order valence-corrected chi connectivity index (χ2v) is 12.8. The molecular weight excluding hydrogens is 302 g/mol. The minimum Gasteiger partial charge on any atom is -0.360 e. The highest BCUT2D eigenvalue weighted by Crippen LogP contribution is 2.30. The van der Waals surface area contributed by atoms with Gasteiger partial charge >= 0.3 is 0 Å². The molecule has 122 valence electrons. The fraction of sp³-hybridized carbons (Fsp3) is 0.389. The topological polar surface area (TPSA) is 37.4 Å². The van der Waals surface area contributed by atoms with E-state index >= 15 is 0 Å². The summed E-state index contributed by atoms with van der Waals surface area (Å²) in [5.41, 5.74) is 8.28. The van der Waals surface area contributed by atoms with Crippen LogP contribution in [0.5, 0.6) is 0 Å². The lowest BCUT2D eigenvalue weighted by atomic mass is 10.0. The lowest BCUT2D eigenvalue weighted by Gasteiger charge is -2.21. The number of hydrazine groups is 1. The first-order valence-electron chi connectivity index (χ1n) is 8.15. The van der Waals surface area contributed by atoms with Crippen LogP contribution in [0.1, 0.15) is 5.56 Å². The third-order valence-electron chi connectivity index (χ3n) is 4.04. The smallest absolute Gasteiger partial charge is 0.133 e. The molecule has 0 saturated heterocycles. The third kappa shape index (κ3) is 4.19. The summed E-state index contributed by atoms with van der Waals surface area (Å²) in [6, 6.07) is 11.8. The Morgan fingerprint density at radius 2 is 2.09 bits per heavy atom. The van der Waals surface area contributed by atoms with Gasteiger partial charge in [-0.25, -0.2) is 5.43 Å². The van der Waals surface area contributed by atoms with Crippen LogP contribution in [-0.2, 0) is 11.3 Å². The highest BCUT2D eigenvalue weighted by molar-refractivity contribution is 6.76. The summed E-state index contributed by atoms with van der Waals surface area (Å²) in [6.07, 6.45) is 3.71. The van der Waals surface area contributed by atoms with Crippen LogP contribution in [0.25, 0.3) is 11.1 Å². The summed E-state index contributed by atoms with van der Waals surface area (Å²) in [4.78, 5) is 4.20. The molecule has 4 nitrogen and oxygen atoms in total. The number of rotatable bonds is 6. The van der Waals surface area contributed by atoms with E-state index in [1.54, 1.807) is 6.20 Å². The summed E-state index contributed by atoms with van der Waals surface area (Å²) in [7, 11) is -1.02. The standard InChI is InChI=1S/C18H25N3OSi/c1-23(2,3)10-9-22-14-21-18-7-6-15(11-17(18)13-20-21)16-5-4-8-19-12-16/h4-8,11-12,20H,9-10,13-14H2,1-3H3. The number of ether oxygens (including phenoxy) is 1. The molecule has 5 heteroatoms. The number of nitrogens with one attached hydrogen (secondary N) is 1. The van der Waals surface area contributed by atoms with Crippen LogP contribution in [-0.4, -0.2) is 26.4 Å². The molecule has 0 amide bonds. The molecule has 1 N–H and O–H groups in total.